The zero-order chi connectivity index (χ0) is 18.7. The van der Waals surface area contributed by atoms with Gasteiger partial charge in [0.1, 0.15) is 0 Å². The molecule has 0 amide bonds. The van der Waals surface area contributed by atoms with Crippen LogP contribution in [-0.4, -0.2) is 22.7 Å². The van der Waals surface area contributed by atoms with Crippen LogP contribution in [0, 0.1) is 0 Å². The number of rotatable bonds is 7. The van der Waals surface area contributed by atoms with E-state index in [9.17, 15) is 9.59 Å². The van der Waals surface area contributed by atoms with Gasteiger partial charge in [-0.1, -0.05) is 68.3 Å². The summed E-state index contributed by atoms with van der Waals surface area (Å²) in [6.45, 7) is 3.78. The number of benzene rings is 2. The predicted octanol–water partition coefficient (Wildman–Crippen LogP) is 5.52. The number of ketones is 1. The molecule has 0 bridgehead atoms. The van der Waals surface area contributed by atoms with E-state index in [0.29, 0.717) is 16.7 Å². The van der Waals surface area contributed by atoms with Crippen molar-refractivity contribution in [3.8, 4) is 0 Å². The maximum absolute atomic E-state index is 12.2. The van der Waals surface area contributed by atoms with Gasteiger partial charge in [-0.3, -0.25) is 9.59 Å². The lowest BCUT2D eigenvalue weighted by molar-refractivity contribution is -0.138. The molecule has 0 saturated heterocycles. The maximum atomic E-state index is 12.2. The number of unbranched alkanes of at least 4 members (excludes halogenated alkanes) is 2. The second-order valence-corrected chi connectivity index (χ2v) is 6.15. The number of aliphatic carboxylic acids is 1. The standard InChI is InChI=1S/C16H14O3.C5H11Cl/c1-11(16(18)19)13-8-5-9-14(10-13)15(17)12-6-3-2-4-7-12;1-2-3-4-5-6/h2-11H,1H3,(H,18,19);2-5H2,1H3. The van der Waals surface area contributed by atoms with Crippen molar-refractivity contribution >= 4 is 23.4 Å². The summed E-state index contributed by atoms with van der Waals surface area (Å²) in [6.07, 6.45) is 3.73. The first-order valence-electron chi connectivity index (χ1n) is 8.49. The van der Waals surface area contributed by atoms with Crippen LogP contribution < -0.4 is 0 Å². The Hall–Kier alpha value is -2.13. The normalized spacial score (nSPS) is 11.2. The first-order chi connectivity index (χ1) is 12.0. The minimum absolute atomic E-state index is 0.0972. The Morgan fingerprint density at radius 3 is 2.16 bits per heavy atom. The van der Waals surface area contributed by atoms with Crippen molar-refractivity contribution < 1.29 is 14.7 Å². The lowest BCUT2D eigenvalue weighted by atomic mass is 9.96. The van der Waals surface area contributed by atoms with Crippen LogP contribution in [0.4, 0.5) is 0 Å². The fraction of sp³-hybridized carbons (Fsp3) is 0.333. The van der Waals surface area contributed by atoms with Crippen molar-refractivity contribution in [3.05, 3.63) is 71.3 Å². The topological polar surface area (TPSA) is 54.4 Å². The summed E-state index contributed by atoms with van der Waals surface area (Å²) in [5, 5.41) is 9.00. The largest absolute Gasteiger partial charge is 0.481 e. The minimum atomic E-state index is -0.899. The number of alkyl halides is 1. The number of carbonyl (C=O) groups is 2. The molecule has 1 atom stereocenters. The number of carboxylic acid groups (broad SMARTS) is 1. The van der Waals surface area contributed by atoms with Gasteiger partial charge in [-0.25, -0.2) is 0 Å². The van der Waals surface area contributed by atoms with Gasteiger partial charge in [0.2, 0.25) is 0 Å². The molecule has 0 saturated carbocycles. The second-order valence-electron chi connectivity index (χ2n) is 5.78. The third-order valence-corrected chi connectivity index (χ3v) is 4.06. The van der Waals surface area contributed by atoms with Crippen molar-refractivity contribution in [3.63, 3.8) is 0 Å². The molecule has 0 fully saturated rings. The maximum Gasteiger partial charge on any atom is 0.310 e. The number of halogens is 1. The predicted molar refractivity (Wildman–Crippen MR) is 103 cm³/mol. The van der Waals surface area contributed by atoms with Gasteiger partial charge >= 0.3 is 5.97 Å². The van der Waals surface area contributed by atoms with Crippen LogP contribution in [0.5, 0.6) is 0 Å². The van der Waals surface area contributed by atoms with Crippen molar-refractivity contribution in [1.82, 2.24) is 0 Å². The van der Waals surface area contributed by atoms with Crippen LogP contribution in [-0.2, 0) is 4.79 Å². The Morgan fingerprint density at radius 1 is 1.00 bits per heavy atom. The minimum Gasteiger partial charge on any atom is -0.481 e. The zero-order valence-corrected chi connectivity index (χ0v) is 15.5. The Balaban J connectivity index is 0.000000450. The summed E-state index contributed by atoms with van der Waals surface area (Å²) in [6, 6.07) is 15.7. The lowest BCUT2D eigenvalue weighted by Gasteiger charge is -2.08. The molecule has 0 aliphatic heterocycles. The van der Waals surface area contributed by atoms with E-state index in [0.717, 1.165) is 5.88 Å². The number of hydrogen-bond donors (Lipinski definition) is 1. The zero-order valence-electron chi connectivity index (χ0n) is 14.7. The molecule has 134 valence electrons. The van der Waals surface area contributed by atoms with Gasteiger partial charge in [0, 0.05) is 17.0 Å². The average molecular weight is 361 g/mol. The van der Waals surface area contributed by atoms with E-state index >= 15 is 0 Å². The number of carboxylic acids is 1. The van der Waals surface area contributed by atoms with Crippen LogP contribution in [0.25, 0.3) is 0 Å². The smallest absolute Gasteiger partial charge is 0.310 e. The van der Waals surface area contributed by atoms with Crippen molar-refractivity contribution in [2.75, 3.05) is 5.88 Å². The average Bonchev–Trinajstić information content (AvgIpc) is 2.66. The van der Waals surface area contributed by atoms with E-state index in [-0.39, 0.29) is 5.78 Å². The van der Waals surface area contributed by atoms with E-state index in [4.69, 9.17) is 16.7 Å². The summed E-state index contributed by atoms with van der Waals surface area (Å²) >= 11 is 5.38. The Morgan fingerprint density at radius 2 is 1.64 bits per heavy atom. The molecule has 2 aromatic rings. The summed E-state index contributed by atoms with van der Waals surface area (Å²) < 4.78 is 0. The van der Waals surface area contributed by atoms with Crippen molar-refractivity contribution in [2.45, 2.75) is 39.0 Å². The van der Waals surface area contributed by atoms with E-state index in [1.807, 2.05) is 6.07 Å². The molecular weight excluding hydrogens is 336 g/mol. The molecular formula is C21H25ClO3. The molecule has 1 N–H and O–H groups in total. The molecule has 0 aliphatic rings. The number of carbonyl (C=O) groups excluding carboxylic acids is 1. The van der Waals surface area contributed by atoms with E-state index < -0.39 is 11.9 Å². The fourth-order valence-corrected chi connectivity index (χ4v) is 2.38. The van der Waals surface area contributed by atoms with Gasteiger partial charge in [-0.05, 0) is 25.0 Å². The molecule has 0 radical (unpaired) electrons. The van der Waals surface area contributed by atoms with Gasteiger partial charge in [0.05, 0.1) is 5.92 Å². The van der Waals surface area contributed by atoms with Gasteiger partial charge in [-0.15, -0.1) is 11.6 Å². The van der Waals surface area contributed by atoms with E-state index in [1.54, 1.807) is 55.5 Å². The second kappa shape index (κ2) is 11.4. The number of hydrogen-bond acceptors (Lipinski definition) is 2. The van der Waals surface area contributed by atoms with Crippen LogP contribution in [0.15, 0.2) is 54.6 Å². The molecule has 1 unspecified atom stereocenters. The van der Waals surface area contributed by atoms with E-state index in [1.165, 1.54) is 19.3 Å². The van der Waals surface area contributed by atoms with Gasteiger partial charge < -0.3 is 5.11 Å². The first kappa shape index (κ1) is 20.9. The van der Waals surface area contributed by atoms with Crippen LogP contribution in [0.2, 0.25) is 0 Å². The molecule has 0 heterocycles. The monoisotopic (exact) mass is 360 g/mol. The Bertz CT molecular complexity index is 664. The highest BCUT2D eigenvalue weighted by molar-refractivity contribution is 6.17. The van der Waals surface area contributed by atoms with Crippen molar-refractivity contribution in [2.24, 2.45) is 0 Å². The fourth-order valence-electron chi connectivity index (χ4n) is 2.19. The molecule has 3 nitrogen and oxygen atoms in total. The molecule has 0 spiro atoms. The third-order valence-electron chi connectivity index (χ3n) is 3.79. The summed E-state index contributed by atoms with van der Waals surface area (Å²) in [5.74, 6) is -0.790. The molecule has 2 rings (SSSR count). The van der Waals surface area contributed by atoms with Crippen LogP contribution in [0.1, 0.15) is 60.5 Å². The van der Waals surface area contributed by atoms with Gasteiger partial charge in [-0.2, -0.15) is 0 Å². The highest BCUT2D eigenvalue weighted by Gasteiger charge is 2.16. The molecule has 4 heteroatoms. The SMILES string of the molecule is CC(C(=O)O)c1cccc(C(=O)c2ccccc2)c1.CCCCCCl. The van der Waals surface area contributed by atoms with Gasteiger partial charge in [0.15, 0.2) is 5.78 Å². The highest BCUT2D eigenvalue weighted by Crippen LogP contribution is 2.18. The molecule has 0 aromatic heterocycles. The third kappa shape index (κ3) is 7.10. The van der Waals surface area contributed by atoms with Gasteiger partial charge in [0.25, 0.3) is 0 Å². The molecule has 25 heavy (non-hydrogen) atoms. The Labute approximate surface area is 154 Å². The van der Waals surface area contributed by atoms with Crippen LogP contribution in [0.3, 0.4) is 0 Å². The quantitative estimate of drug-likeness (QED) is 0.401. The summed E-state index contributed by atoms with van der Waals surface area (Å²) in [4.78, 5) is 23.2. The molecule has 0 aliphatic carbocycles. The Kier molecular flexibility index (Phi) is 9.56. The van der Waals surface area contributed by atoms with Crippen molar-refractivity contribution in [1.29, 1.82) is 0 Å². The van der Waals surface area contributed by atoms with E-state index in [2.05, 4.69) is 6.92 Å². The summed E-state index contributed by atoms with van der Waals surface area (Å²) in [7, 11) is 0. The van der Waals surface area contributed by atoms with Crippen LogP contribution >= 0.6 is 11.6 Å². The molecule has 2 aromatic carbocycles. The summed E-state index contributed by atoms with van der Waals surface area (Å²) in [5.41, 5.74) is 1.74. The first-order valence-corrected chi connectivity index (χ1v) is 9.03. The highest BCUT2D eigenvalue weighted by atomic mass is 35.5. The lowest BCUT2D eigenvalue weighted by Crippen LogP contribution is -2.09.